The molecule has 32 heavy (non-hydrogen) atoms. The zero-order valence-electron chi connectivity index (χ0n) is 18.0. The lowest BCUT2D eigenvalue weighted by Crippen LogP contribution is -2.60. The van der Waals surface area contributed by atoms with Crippen LogP contribution in [0.2, 0.25) is 0 Å². The number of nitrogens with one attached hydrogen (secondary N) is 1. The summed E-state index contributed by atoms with van der Waals surface area (Å²) in [6.45, 7) is 4.18. The molecule has 0 radical (unpaired) electrons. The van der Waals surface area contributed by atoms with Gasteiger partial charge in [-0.2, -0.15) is 18.4 Å². The predicted octanol–water partition coefficient (Wildman–Crippen LogP) is 3.27. The van der Waals surface area contributed by atoms with Crippen LogP contribution in [0.1, 0.15) is 32.6 Å². The summed E-state index contributed by atoms with van der Waals surface area (Å²) in [5.74, 6) is -0.645. The number of halogens is 3. The van der Waals surface area contributed by atoms with E-state index in [0.717, 1.165) is 23.3 Å². The number of piperazine rings is 1. The Bertz CT molecular complexity index is 1090. The van der Waals surface area contributed by atoms with Crippen LogP contribution in [-0.4, -0.2) is 49.4 Å². The van der Waals surface area contributed by atoms with Crippen molar-refractivity contribution in [3.05, 3.63) is 64.2 Å². The summed E-state index contributed by atoms with van der Waals surface area (Å²) in [5, 5.41) is 11.6. The fraction of sp³-hybridized carbons (Fsp3) is 0.348. The van der Waals surface area contributed by atoms with E-state index in [1.165, 1.54) is 13.1 Å². The first-order valence-electron chi connectivity index (χ1n) is 10.0. The summed E-state index contributed by atoms with van der Waals surface area (Å²) in [4.78, 5) is 28.8. The molecule has 2 amide bonds. The van der Waals surface area contributed by atoms with E-state index in [1.54, 1.807) is 21.9 Å². The number of alkyl halides is 3. The molecule has 6 nitrogen and oxygen atoms in total. The van der Waals surface area contributed by atoms with Crippen molar-refractivity contribution in [1.29, 1.82) is 5.26 Å². The van der Waals surface area contributed by atoms with E-state index in [1.807, 2.05) is 26.0 Å². The van der Waals surface area contributed by atoms with E-state index in [9.17, 15) is 22.8 Å². The molecule has 2 aromatic carbocycles. The van der Waals surface area contributed by atoms with Crippen LogP contribution in [0, 0.1) is 25.2 Å². The Balaban J connectivity index is 1.93. The van der Waals surface area contributed by atoms with Crippen molar-refractivity contribution in [1.82, 2.24) is 10.2 Å². The number of carbonyl (C=O) groups excluding carboxylic acids is 2. The number of benzene rings is 2. The first-order valence-corrected chi connectivity index (χ1v) is 10.0. The number of nitriles is 1. The van der Waals surface area contributed by atoms with Gasteiger partial charge in [-0.25, -0.2) is 0 Å². The molecule has 1 N–H and O–H groups in total. The van der Waals surface area contributed by atoms with Crippen LogP contribution < -0.4 is 10.2 Å². The van der Waals surface area contributed by atoms with Gasteiger partial charge in [-0.1, -0.05) is 17.7 Å². The number of aryl methyl sites for hydroxylation is 2. The second-order valence-electron chi connectivity index (χ2n) is 7.73. The first kappa shape index (κ1) is 23.1. The third kappa shape index (κ3) is 4.54. The minimum atomic E-state index is -4.70. The van der Waals surface area contributed by atoms with Gasteiger partial charge >= 0.3 is 6.18 Å². The van der Waals surface area contributed by atoms with Crippen LogP contribution in [0.15, 0.2) is 36.4 Å². The molecule has 3 rings (SSSR count). The Morgan fingerprint density at radius 2 is 1.84 bits per heavy atom. The topological polar surface area (TPSA) is 76.4 Å². The van der Waals surface area contributed by atoms with E-state index in [4.69, 9.17) is 5.26 Å². The molecule has 1 unspecified atom stereocenters. The molecule has 0 bridgehead atoms. The fourth-order valence-corrected chi connectivity index (χ4v) is 3.93. The van der Waals surface area contributed by atoms with Crippen molar-refractivity contribution in [3.63, 3.8) is 0 Å². The van der Waals surface area contributed by atoms with Gasteiger partial charge in [-0.15, -0.1) is 0 Å². The SMILES string of the molecule is CNC(=O)C1CN(C(=O)c2ccc(C)cc2C)CCN1c1ccc(C#N)c(C(F)(F)F)c1. The van der Waals surface area contributed by atoms with Crippen LogP contribution in [0.4, 0.5) is 18.9 Å². The standard InChI is InChI=1S/C23H23F3N4O2/c1-14-4-7-18(15(2)10-14)22(32)29-8-9-30(20(13-29)21(31)28-3)17-6-5-16(12-27)19(11-17)23(24,25)26/h4-7,10-11,20H,8-9,13H2,1-3H3,(H,28,31). The Kier molecular flexibility index (Phi) is 6.44. The summed E-state index contributed by atoms with van der Waals surface area (Å²) in [5.41, 5.74) is 0.994. The van der Waals surface area contributed by atoms with Crippen molar-refractivity contribution in [3.8, 4) is 6.07 Å². The average Bonchev–Trinajstić information content (AvgIpc) is 2.76. The third-order valence-electron chi connectivity index (χ3n) is 5.59. The highest BCUT2D eigenvalue weighted by atomic mass is 19.4. The molecular weight excluding hydrogens is 421 g/mol. The van der Waals surface area contributed by atoms with Gasteiger partial charge in [0.25, 0.3) is 5.91 Å². The molecule has 0 saturated carbocycles. The minimum absolute atomic E-state index is 0.0210. The maximum atomic E-state index is 13.4. The number of hydrogen-bond acceptors (Lipinski definition) is 4. The molecule has 2 aromatic rings. The maximum Gasteiger partial charge on any atom is 0.417 e. The molecule has 168 valence electrons. The smallest absolute Gasteiger partial charge is 0.357 e. The molecule has 1 aliphatic heterocycles. The Morgan fingerprint density at radius 1 is 1.12 bits per heavy atom. The molecular formula is C23H23F3N4O2. The van der Waals surface area contributed by atoms with Gasteiger partial charge in [0.1, 0.15) is 6.04 Å². The molecule has 0 spiro atoms. The number of likely N-dealkylation sites (N-methyl/N-ethyl adjacent to an activating group) is 1. The maximum absolute atomic E-state index is 13.4. The number of hydrogen-bond donors (Lipinski definition) is 1. The van der Waals surface area contributed by atoms with Crippen LogP contribution in [0.25, 0.3) is 0 Å². The van der Waals surface area contributed by atoms with Crippen LogP contribution >= 0.6 is 0 Å². The second-order valence-corrected chi connectivity index (χ2v) is 7.73. The summed E-state index contributed by atoms with van der Waals surface area (Å²) in [6.07, 6.45) is -4.70. The number of anilines is 1. The Hall–Kier alpha value is -3.54. The summed E-state index contributed by atoms with van der Waals surface area (Å²) < 4.78 is 40.3. The second kappa shape index (κ2) is 8.91. The molecule has 9 heteroatoms. The lowest BCUT2D eigenvalue weighted by molar-refractivity contribution is -0.137. The van der Waals surface area contributed by atoms with E-state index < -0.39 is 29.3 Å². The highest BCUT2D eigenvalue weighted by Crippen LogP contribution is 2.35. The molecule has 1 atom stereocenters. The largest absolute Gasteiger partial charge is 0.417 e. The molecule has 1 heterocycles. The van der Waals surface area contributed by atoms with E-state index >= 15 is 0 Å². The van der Waals surface area contributed by atoms with Crippen molar-refractivity contribution in [2.45, 2.75) is 26.1 Å². The van der Waals surface area contributed by atoms with Crippen LogP contribution in [0.5, 0.6) is 0 Å². The molecule has 0 aromatic heterocycles. The van der Waals surface area contributed by atoms with Gasteiger partial charge in [0, 0.05) is 31.4 Å². The highest BCUT2D eigenvalue weighted by molar-refractivity contribution is 5.97. The van der Waals surface area contributed by atoms with E-state index in [0.29, 0.717) is 5.56 Å². The van der Waals surface area contributed by atoms with Gasteiger partial charge in [0.2, 0.25) is 5.91 Å². The fourth-order valence-electron chi connectivity index (χ4n) is 3.93. The molecule has 1 saturated heterocycles. The number of carbonyl (C=O) groups is 2. The van der Waals surface area contributed by atoms with E-state index in [2.05, 4.69) is 5.32 Å². The first-order chi connectivity index (χ1) is 15.1. The third-order valence-corrected chi connectivity index (χ3v) is 5.59. The lowest BCUT2D eigenvalue weighted by atomic mass is 10.0. The van der Waals surface area contributed by atoms with Crippen molar-refractivity contribution < 1.29 is 22.8 Å². The monoisotopic (exact) mass is 444 g/mol. The molecule has 1 fully saturated rings. The zero-order valence-corrected chi connectivity index (χ0v) is 18.0. The predicted molar refractivity (Wildman–Crippen MR) is 113 cm³/mol. The molecule has 0 aliphatic carbocycles. The van der Waals surface area contributed by atoms with Gasteiger partial charge in [0.15, 0.2) is 0 Å². The van der Waals surface area contributed by atoms with E-state index in [-0.39, 0.29) is 31.2 Å². The van der Waals surface area contributed by atoms with Crippen LogP contribution in [-0.2, 0) is 11.0 Å². The summed E-state index contributed by atoms with van der Waals surface area (Å²) in [7, 11) is 1.44. The summed E-state index contributed by atoms with van der Waals surface area (Å²) in [6, 6.07) is 9.54. The van der Waals surface area contributed by atoms with Crippen molar-refractivity contribution >= 4 is 17.5 Å². The van der Waals surface area contributed by atoms with Crippen molar-refractivity contribution in [2.24, 2.45) is 0 Å². The number of nitrogens with zero attached hydrogens (tertiary/aromatic N) is 3. The average molecular weight is 444 g/mol. The summed E-state index contributed by atoms with van der Waals surface area (Å²) >= 11 is 0. The Morgan fingerprint density at radius 3 is 2.44 bits per heavy atom. The number of rotatable bonds is 3. The Labute approximate surface area is 184 Å². The lowest BCUT2D eigenvalue weighted by Gasteiger charge is -2.42. The van der Waals surface area contributed by atoms with Crippen LogP contribution in [0.3, 0.4) is 0 Å². The van der Waals surface area contributed by atoms with Gasteiger partial charge in [-0.3, -0.25) is 9.59 Å². The minimum Gasteiger partial charge on any atom is -0.357 e. The highest BCUT2D eigenvalue weighted by Gasteiger charge is 2.38. The van der Waals surface area contributed by atoms with Gasteiger partial charge in [0.05, 0.1) is 23.7 Å². The zero-order chi connectivity index (χ0) is 23.6. The van der Waals surface area contributed by atoms with Gasteiger partial charge in [-0.05, 0) is 43.7 Å². The normalized spacial score (nSPS) is 16.5. The quantitative estimate of drug-likeness (QED) is 0.789. The van der Waals surface area contributed by atoms with Crippen molar-refractivity contribution in [2.75, 3.05) is 31.6 Å². The van der Waals surface area contributed by atoms with Gasteiger partial charge < -0.3 is 15.1 Å². The number of amides is 2. The molecule has 1 aliphatic rings.